The summed E-state index contributed by atoms with van der Waals surface area (Å²) in [5.41, 5.74) is 16.5. The summed E-state index contributed by atoms with van der Waals surface area (Å²) in [6.07, 6.45) is 1.54. The molecular weight excluding hydrogens is 198 g/mol. The number of carbonyl (C=O) groups excluding carboxylic acids is 1. The van der Waals surface area contributed by atoms with E-state index in [1.807, 2.05) is 0 Å². The predicted molar refractivity (Wildman–Crippen MR) is 53.2 cm³/mol. The molecule has 0 unspecified atom stereocenters. The van der Waals surface area contributed by atoms with Crippen molar-refractivity contribution >= 4 is 35.0 Å². The molecule has 0 saturated carbocycles. The van der Waals surface area contributed by atoms with Crippen LogP contribution in [0, 0.1) is 0 Å². The van der Waals surface area contributed by atoms with Gasteiger partial charge < -0.3 is 17.2 Å². The Morgan fingerprint density at radius 3 is 2.33 bits per heavy atom. The lowest BCUT2D eigenvalue weighted by atomic mass is 10.4. The van der Waals surface area contributed by atoms with Crippen molar-refractivity contribution in [2.24, 2.45) is 0 Å². The van der Waals surface area contributed by atoms with Gasteiger partial charge in [-0.05, 0) is 0 Å². The minimum Gasteiger partial charge on any atom is -0.382 e. The topological polar surface area (TPSA) is 147 Å². The largest absolute Gasteiger partial charge is 0.382 e. The minimum atomic E-state index is -0.123. The third kappa shape index (κ3) is 1.37. The zero-order valence-electron chi connectivity index (χ0n) is 7.43. The predicted octanol–water partition coefficient (Wildman–Crippen LogP) is -1.38. The van der Waals surface area contributed by atoms with E-state index >= 15 is 0 Å². The van der Waals surface area contributed by atoms with Crippen LogP contribution in [0.2, 0.25) is 0 Å². The number of aromatic nitrogens is 4. The molecule has 0 spiro atoms. The van der Waals surface area contributed by atoms with E-state index in [0.29, 0.717) is 0 Å². The van der Waals surface area contributed by atoms with Crippen molar-refractivity contribution in [1.82, 2.24) is 19.9 Å². The molecule has 0 fully saturated rings. The van der Waals surface area contributed by atoms with Crippen LogP contribution < -0.4 is 17.2 Å². The summed E-state index contributed by atoms with van der Waals surface area (Å²) in [6.45, 7) is 0. The molecular formula is C7H6N7O. The number of nitrogen functional groups attached to an aromatic ring is 3. The Morgan fingerprint density at radius 1 is 0.933 bits per heavy atom. The lowest BCUT2D eigenvalue weighted by molar-refractivity contribution is 0.561. The van der Waals surface area contributed by atoms with Crippen molar-refractivity contribution in [3.8, 4) is 0 Å². The Hall–Kier alpha value is -2.51. The van der Waals surface area contributed by atoms with Crippen LogP contribution in [-0.4, -0.2) is 26.2 Å². The van der Waals surface area contributed by atoms with Gasteiger partial charge >= 0.3 is 0 Å². The maximum absolute atomic E-state index is 10.4. The number of fused-ring (bicyclic) bond motifs is 1. The molecule has 0 aliphatic carbocycles. The van der Waals surface area contributed by atoms with Crippen molar-refractivity contribution < 1.29 is 4.79 Å². The summed E-state index contributed by atoms with van der Waals surface area (Å²) in [4.78, 5) is 25.5. The minimum absolute atomic E-state index is 0.0310. The van der Waals surface area contributed by atoms with E-state index in [2.05, 4.69) is 19.9 Å². The molecule has 2 aromatic heterocycles. The Morgan fingerprint density at radius 2 is 1.67 bits per heavy atom. The first-order valence-corrected chi connectivity index (χ1v) is 3.86. The standard InChI is InChI=1S/C7H6N7O/c8-4-2(1-15)11-3-5(9)13-7(10)14-6(3)12-4/h(H6,8,9,10,12,13,14). The molecule has 2 heterocycles. The van der Waals surface area contributed by atoms with Gasteiger partial charge in [0.25, 0.3) is 6.29 Å². The molecule has 75 valence electrons. The number of anilines is 3. The summed E-state index contributed by atoms with van der Waals surface area (Å²) in [5.74, 6) is -0.0620. The summed E-state index contributed by atoms with van der Waals surface area (Å²) >= 11 is 0. The Kier molecular flexibility index (Phi) is 1.82. The van der Waals surface area contributed by atoms with Crippen LogP contribution in [0.15, 0.2) is 0 Å². The monoisotopic (exact) mass is 204 g/mol. The Balaban J connectivity index is 2.87. The normalized spacial score (nSPS) is 10.4. The van der Waals surface area contributed by atoms with Gasteiger partial charge in [0.05, 0.1) is 0 Å². The molecule has 8 nitrogen and oxygen atoms in total. The average molecular weight is 204 g/mol. The molecule has 6 N–H and O–H groups in total. The van der Waals surface area contributed by atoms with Crippen LogP contribution in [0.3, 0.4) is 0 Å². The zero-order valence-corrected chi connectivity index (χ0v) is 7.43. The van der Waals surface area contributed by atoms with Crippen LogP contribution in [-0.2, 0) is 4.79 Å². The Bertz CT molecular complexity index is 553. The molecule has 0 aromatic carbocycles. The Labute approximate surface area is 83.5 Å². The van der Waals surface area contributed by atoms with Gasteiger partial charge in [-0.1, -0.05) is 0 Å². The number of rotatable bonds is 1. The van der Waals surface area contributed by atoms with Gasteiger partial charge in [0.2, 0.25) is 5.95 Å². The van der Waals surface area contributed by atoms with Crippen LogP contribution in [0.25, 0.3) is 11.2 Å². The van der Waals surface area contributed by atoms with Gasteiger partial charge in [-0.25, -0.2) is 9.97 Å². The molecule has 2 aromatic rings. The van der Waals surface area contributed by atoms with Crippen molar-refractivity contribution in [3.05, 3.63) is 5.69 Å². The summed E-state index contributed by atoms with van der Waals surface area (Å²) in [5, 5.41) is 0. The van der Waals surface area contributed by atoms with Crippen LogP contribution >= 0.6 is 0 Å². The highest BCUT2D eigenvalue weighted by molar-refractivity contribution is 5.88. The van der Waals surface area contributed by atoms with Gasteiger partial charge in [-0.2, -0.15) is 9.97 Å². The molecule has 2 rings (SSSR count). The molecule has 0 atom stereocenters. The van der Waals surface area contributed by atoms with Crippen molar-refractivity contribution in [2.75, 3.05) is 17.2 Å². The second kappa shape index (κ2) is 3.01. The molecule has 0 aliphatic rings. The van der Waals surface area contributed by atoms with Crippen molar-refractivity contribution in [2.45, 2.75) is 0 Å². The van der Waals surface area contributed by atoms with Gasteiger partial charge in [0.15, 0.2) is 28.5 Å². The number of nitrogens with zero attached hydrogens (tertiary/aromatic N) is 4. The molecule has 0 aliphatic heterocycles. The molecule has 0 amide bonds. The first-order chi connectivity index (χ1) is 7.11. The molecule has 15 heavy (non-hydrogen) atoms. The van der Waals surface area contributed by atoms with Gasteiger partial charge in [-0.15, -0.1) is 0 Å². The quantitative estimate of drug-likeness (QED) is 0.515. The smallest absolute Gasteiger partial charge is 0.257 e. The summed E-state index contributed by atoms with van der Waals surface area (Å²) in [6, 6.07) is 0. The summed E-state index contributed by atoms with van der Waals surface area (Å²) in [7, 11) is 0. The highest BCUT2D eigenvalue weighted by Crippen LogP contribution is 2.16. The van der Waals surface area contributed by atoms with Crippen LogP contribution in [0.5, 0.6) is 0 Å². The molecule has 0 saturated heterocycles. The third-order valence-electron chi connectivity index (χ3n) is 1.70. The molecule has 0 bridgehead atoms. The van der Waals surface area contributed by atoms with Crippen LogP contribution in [0.4, 0.5) is 17.6 Å². The van der Waals surface area contributed by atoms with Crippen molar-refractivity contribution in [1.29, 1.82) is 0 Å². The third-order valence-corrected chi connectivity index (χ3v) is 1.70. The average Bonchev–Trinajstić information content (AvgIpc) is 2.16. The fourth-order valence-electron chi connectivity index (χ4n) is 1.07. The summed E-state index contributed by atoms with van der Waals surface area (Å²) < 4.78 is 0. The van der Waals surface area contributed by atoms with E-state index in [4.69, 9.17) is 17.2 Å². The highest BCUT2D eigenvalue weighted by atomic mass is 16.1. The fraction of sp³-hybridized carbons (Fsp3) is 0. The second-order valence-electron chi connectivity index (χ2n) is 2.70. The van der Waals surface area contributed by atoms with E-state index in [1.54, 1.807) is 0 Å². The zero-order chi connectivity index (χ0) is 11.0. The number of hydrogen-bond acceptors (Lipinski definition) is 8. The maximum Gasteiger partial charge on any atom is 0.257 e. The first kappa shape index (κ1) is 9.06. The van der Waals surface area contributed by atoms with E-state index in [-0.39, 0.29) is 34.4 Å². The number of hydrogen-bond donors (Lipinski definition) is 3. The van der Waals surface area contributed by atoms with E-state index < -0.39 is 0 Å². The van der Waals surface area contributed by atoms with E-state index in [1.165, 1.54) is 6.29 Å². The SMILES string of the molecule is Nc1nc(N)c2nc([C]=O)c(N)nc2n1. The second-order valence-corrected chi connectivity index (χ2v) is 2.70. The highest BCUT2D eigenvalue weighted by Gasteiger charge is 2.10. The maximum atomic E-state index is 10.4. The van der Waals surface area contributed by atoms with Crippen LogP contribution in [0.1, 0.15) is 5.69 Å². The fourth-order valence-corrected chi connectivity index (χ4v) is 1.07. The van der Waals surface area contributed by atoms with Gasteiger partial charge in [0.1, 0.15) is 0 Å². The van der Waals surface area contributed by atoms with Gasteiger partial charge in [0, 0.05) is 0 Å². The van der Waals surface area contributed by atoms with Gasteiger partial charge in [-0.3, -0.25) is 4.79 Å². The van der Waals surface area contributed by atoms with E-state index in [0.717, 1.165) is 0 Å². The first-order valence-electron chi connectivity index (χ1n) is 3.86. The molecule has 1 radical (unpaired) electrons. The number of nitrogens with two attached hydrogens (primary N) is 3. The van der Waals surface area contributed by atoms with E-state index in [9.17, 15) is 4.79 Å². The lowest BCUT2D eigenvalue weighted by Gasteiger charge is -2.02. The van der Waals surface area contributed by atoms with Crippen molar-refractivity contribution in [3.63, 3.8) is 0 Å². The molecule has 8 heteroatoms. The lowest BCUT2D eigenvalue weighted by Crippen LogP contribution is -2.07.